The molecule has 1 nitrogen and oxygen atoms in total. The van der Waals surface area contributed by atoms with Gasteiger partial charge in [-0.05, 0) is 23.8 Å². The highest BCUT2D eigenvalue weighted by molar-refractivity contribution is 5.61. The average Bonchev–Trinajstić information content (AvgIpc) is 2.33. The minimum Gasteiger partial charge on any atom is -0.507 e. The van der Waals surface area contributed by atoms with Crippen LogP contribution in [0, 0.1) is 0 Å². The molecule has 2 aromatic rings. The van der Waals surface area contributed by atoms with Crippen LogP contribution in [0.2, 0.25) is 0 Å². The van der Waals surface area contributed by atoms with Gasteiger partial charge in [0.05, 0.1) is 0 Å². The van der Waals surface area contributed by atoms with Crippen molar-refractivity contribution in [1.82, 2.24) is 0 Å². The van der Waals surface area contributed by atoms with E-state index < -0.39 is 0 Å². The number of phenols is 1. The average molecular weight is 208 g/mol. The monoisotopic (exact) mass is 208 g/mol. The predicted molar refractivity (Wildman–Crippen MR) is 67.0 cm³/mol. The minimum absolute atomic E-state index is 0.275. The van der Waals surface area contributed by atoms with Crippen molar-refractivity contribution in [2.75, 3.05) is 0 Å². The molecule has 0 aliphatic rings. The summed E-state index contributed by atoms with van der Waals surface area (Å²) in [5.74, 6) is 0.275. The summed E-state index contributed by atoms with van der Waals surface area (Å²) in [6.07, 6.45) is 3.65. The van der Waals surface area contributed by atoms with Gasteiger partial charge in [-0.3, -0.25) is 0 Å². The van der Waals surface area contributed by atoms with Crippen LogP contribution < -0.4 is 0 Å². The van der Waals surface area contributed by atoms with Gasteiger partial charge in [0.2, 0.25) is 0 Å². The van der Waals surface area contributed by atoms with Gasteiger partial charge in [-0.15, -0.1) is 5.73 Å². The van der Waals surface area contributed by atoms with Crippen LogP contribution in [0.1, 0.15) is 11.1 Å². The zero-order valence-electron chi connectivity index (χ0n) is 8.80. The topological polar surface area (TPSA) is 20.2 Å². The van der Waals surface area contributed by atoms with Crippen LogP contribution in [-0.4, -0.2) is 5.11 Å². The third-order valence-electron chi connectivity index (χ3n) is 2.23. The van der Waals surface area contributed by atoms with E-state index in [1.807, 2.05) is 48.5 Å². The van der Waals surface area contributed by atoms with Crippen LogP contribution in [0.4, 0.5) is 0 Å². The first-order valence-electron chi connectivity index (χ1n) is 5.12. The molecule has 2 aromatic carbocycles. The van der Waals surface area contributed by atoms with E-state index in [0.717, 1.165) is 11.1 Å². The molecule has 0 aromatic heterocycles. The molecule has 0 aliphatic carbocycles. The summed E-state index contributed by atoms with van der Waals surface area (Å²) in [6.45, 7) is 0. The maximum absolute atomic E-state index is 9.52. The van der Waals surface area contributed by atoms with Crippen molar-refractivity contribution >= 4 is 12.2 Å². The summed E-state index contributed by atoms with van der Waals surface area (Å²) < 4.78 is 0. The maximum Gasteiger partial charge on any atom is 0.123 e. The van der Waals surface area contributed by atoms with Gasteiger partial charge in [-0.25, -0.2) is 0 Å². The van der Waals surface area contributed by atoms with Crippen LogP contribution in [0.3, 0.4) is 0 Å². The van der Waals surface area contributed by atoms with Gasteiger partial charge >= 0.3 is 0 Å². The Morgan fingerprint density at radius 3 is 2.25 bits per heavy atom. The molecular weight excluding hydrogens is 196 g/mol. The number of aromatic hydroxyl groups is 1. The molecule has 0 amide bonds. The normalized spacial score (nSPS) is 9.25. The summed E-state index contributed by atoms with van der Waals surface area (Å²) in [4.78, 5) is 0. The molecule has 78 valence electrons. The van der Waals surface area contributed by atoms with Gasteiger partial charge in [0.15, 0.2) is 0 Å². The van der Waals surface area contributed by atoms with Gasteiger partial charge in [0.1, 0.15) is 5.75 Å². The molecule has 0 saturated carbocycles. The number of hydrogen-bond donors (Lipinski definition) is 1. The van der Waals surface area contributed by atoms with Crippen LogP contribution in [0.25, 0.3) is 12.2 Å². The number of hydrogen-bond acceptors (Lipinski definition) is 1. The van der Waals surface area contributed by atoms with Gasteiger partial charge in [0, 0.05) is 5.56 Å². The molecule has 0 atom stereocenters. The molecule has 0 saturated heterocycles. The van der Waals surface area contributed by atoms with Gasteiger partial charge in [0.25, 0.3) is 0 Å². The minimum atomic E-state index is 0.275. The Morgan fingerprint density at radius 1 is 0.812 bits per heavy atom. The predicted octanol–water partition coefficient (Wildman–Crippen LogP) is 3.72. The second-order valence-corrected chi connectivity index (χ2v) is 3.42. The van der Waals surface area contributed by atoms with E-state index in [0.29, 0.717) is 0 Å². The Bertz CT molecular complexity index is 520. The van der Waals surface area contributed by atoms with Gasteiger partial charge in [-0.2, -0.15) is 0 Å². The molecule has 1 heteroatoms. The van der Waals surface area contributed by atoms with Crippen molar-refractivity contribution in [2.24, 2.45) is 0 Å². The second kappa shape index (κ2) is 5.01. The molecule has 0 fully saturated rings. The van der Waals surface area contributed by atoms with Crippen molar-refractivity contribution in [3.8, 4) is 5.75 Å². The Morgan fingerprint density at radius 2 is 1.50 bits per heavy atom. The summed E-state index contributed by atoms with van der Waals surface area (Å²) in [5.41, 5.74) is 4.91. The maximum atomic E-state index is 9.52. The fourth-order valence-corrected chi connectivity index (χ4v) is 1.39. The zero-order chi connectivity index (χ0) is 11.2. The molecule has 2 rings (SSSR count). The number of rotatable bonds is 2. The first kappa shape index (κ1) is 10.3. The lowest BCUT2D eigenvalue weighted by Gasteiger charge is -1.94. The van der Waals surface area contributed by atoms with E-state index in [-0.39, 0.29) is 5.75 Å². The molecule has 1 N–H and O–H groups in total. The smallest absolute Gasteiger partial charge is 0.123 e. The summed E-state index contributed by atoms with van der Waals surface area (Å²) in [5, 5.41) is 9.52. The zero-order valence-corrected chi connectivity index (χ0v) is 8.80. The Hall–Kier alpha value is -2.24. The van der Waals surface area contributed by atoms with Crippen LogP contribution in [0.5, 0.6) is 5.75 Å². The number of phenolic OH excluding ortho intramolecular Hbond substituents is 1. The summed E-state index contributed by atoms with van der Waals surface area (Å²) in [7, 11) is 0. The SMILES string of the molecule is Oc1ccccc1C=C=Cc1ccccc1. The highest BCUT2D eigenvalue weighted by Gasteiger charge is 1.91. The molecule has 0 bridgehead atoms. The fraction of sp³-hybridized carbons (Fsp3) is 0. The Labute approximate surface area is 95.0 Å². The Balaban J connectivity index is 2.22. The standard InChI is InChI=1S/C15H12O/c16-15-12-5-4-10-14(15)11-6-9-13-7-2-1-3-8-13/h1-5,7-12,16H. The molecule has 0 heterocycles. The lowest BCUT2D eigenvalue weighted by atomic mass is 10.2. The molecule has 0 radical (unpaired) electrons. The Kier molecular flexibility index (Phi) is 3.22. The van der Waals surface area contributed by atoms with Crippen molar-refractivity contribution < 1.29 is 5.11 Å². The quantitative estimate of drug-likeness (QED) is 0.746. The lowest BCUT2D eigenvalue weighted by molar-refractivity contribution is 0.474. The lowest BCUT2D eigenvalue weighted by Crippen LogP contribution is -1.71. The van der Waals surface area contributed by atoms with E-state index in [1.165, 1.54) is 0 Å². The molecular formula is C15H12O. The van der Waals surface area contributed by atoms with E-state index in [2.05, 4.69) is 5.73 Å². The molecule has 0 aliphatic heterocycles. The van der Waals surface area contributed by atoms with E-state index >= 15 is 0 Å². The molecule has 0 unspecified atom stereocenters. The van der Waals surface area contributed by atoms with E-state index in [9.17, 15) is 5.11 Å². The number of para-hydroxylation sites is 1. The highest BCUT2D eigenvalue weighted by Crippen LogP contribution is 2.16. The van der Waals surface area contributed by atoms with E-state index in [1.54, 1.807) is 18.2 Å². The molecule has 0 spiro atoms. The fourth-order valence-electron chi connectivity index (χ4n) is 1.39. The van der Waals surface area contributed by atoms with Gasteiger partial charge < -0.3 is 5.11 Å². The van der Waals surface area contributed by atoms with Crippen LogP contribution in [0.15, 0.2) is 60.3 Å². The summed E-state index contributed by atoms with van der Waals surface area (Å²) in [6, 6.07) is 17.1. The highest BCUT2D eigenvalue weighted by atomic mass is 16.3. The third kappa shape index (κ3) is 2.63. The number of benzene rings is 2. The van der Waals surface area contributed by atoms with Crippen molar-refractivity contribution in [1.29, 1.82) is 0 Å². The molecule has 16 heavy (non-hydrogen) atoms. The first-order chi connectivity index (χ1) is 7.86. The largest absolute Gasteiger partial charge is 0.507 e. The van der Waals surface area contributed by atoms with Gasteiger partial charge in [-0.1, -0.05) is 48.5 Å². The summed E-state index contributed by atoms with van der Waals surface area (Å²) >= 11 is 0. The van der Waals surface area contributed by atoms with Crippen molar-refractivity contribution in [3.63, 3.8) is 0 Å². The van der Waals surface area contributed by atoms with Crippen LogP contribution in [-0.2, 0) is 0 Å². The van der Waals surface area contributed by atoms with Crippen molar-refractivity contribution in [3.05, 3.63) is 71.5 Å². The van der Waals surface area contributed by atoms with Crippen molar-refractivity contribution in [2.45, 2.75) is 0 Å². The second-order valence-electron chi connectivity index (χ2n) is 3.42. The third-order valence-corrected chi connectivity index (χ3v) is 2.23. The van der Waals surface area contributed by atoms with E-state index in [4.69, 9.17) is 0 Å². The van der Waals surface area contributed by atoms with Crippen LogP contribution >= 0.6 is 0 Å². The first-order valence-corrected chi connectivity index (χ1v) is 5.12.